The average Bonchev–Trinajstić information content (AvgIpc) is 3.10. The van der Waals surface area contributed by atoms with Gasteiger partial charge >= 0.3 is 0 Å². The van der Waals surface area contributed by atoms with Crippen LogP contribution in [-0.4, -0.2) is 41.0 Å². The molecule has 144 valence electrons. The van der Waals surface area contributed by atoms with Crippen LogP contribution in [0, 0.1) is 5.92 Å². The van der Waals surface area contributed by atoms with Gasteiger partial charge < -0.3 is 19.7 Å². The van der Waals surface area contributed by atoms with Crippen LogP contribution in [0.15, 0.2) is 40.9 Å². The number of amides is 1. The number of carbonyl (C=O) groups excluding carboxylic acids is 1. The second-order valence-corrected chi connectivity index (χ2v) is 7.57. The molecule has 2 aliphatic rings. The third kappa shape index (κ3) is 4.39. The van der Waals surface area contributed by atoms with E-state index in [9.17, 15) is 9.90 Å². The summed E-state index contributed by atoms with van der Waals surface area (Å²) in [6.45, 7) is 0.362. The smallest absolute Gasteiger partial charge is 0.223 e. The fourth-order valence-corrected chi connectivity index (χ4v) is 3.68. The van der Waals surface area contributed by atoms with Crippen LogP contribution in [0.2, 0.25) is 0 Å². The van der Waals surface area contributed by atoms with E-state index in [1.165, 1.54) is 0 Å². The molecule has 0 radical (unpaired) electrons. The summed E-state index contributed by atoms with van der Waals surface area (Å²) >= 11 is 0. The van der Waals surface area contributed by atoms with Gasteiger partial charge in [-0.05, 0) is 25.7 Å². The molecule has 2 fully saturated rings. The van der Waals surface area contributed by atoms with Crippen molar-refractivity contribution >= 4 is 5.91 Å². The van der Waals surface area contributed by atoms with Crippen LogP contribution in [0.1, 0.15) is 37.8 Å². The van der Waals surface area contributed by atoms with E-state index in [1.54, 1.807) is 0 Å². The second-order valence-electron chi connectivity index (χ2n) is 7.57. The molecule has 3 atom stereocenters. The van der Waals surface area contributed by atoms with E-state index < -0.39 is 6.10 Å². The SMILES string of the molecule is O=C(NC[C@H]1O[C@H](Cc2cc(-c3ccccc3)on2)CC[C@@H]1O)C1CCC1. The molecule has 0 unspecified atom stereocenters. The fraction of sp³-hybridized carbons (Fsp3) is 0.524. The van der Waals surface area contributed by atoms with Crippen molar-refractivity contribution in [2.24, 2.45) is 5.92 Å². The molecule has 1 aliphatic carbocycles. The van der Waals surface area contributed by atoms with Crippen LogP contribution < -0.4 is 5.32 Å². The van der Waals surface area contributed by atoms with E-state index >= 15 is 0 Å². The minimum absolute atomic E-state index is 0.0345. The Balaban J connectivity index is 1.31. The number of nitrogens with zero attached hydrogens (tertiary/aromatic N) is 1. The number of benzene rings is 1. The maximum absolute atomic E-state index is 12.0. The van der Waals surface area contributed by atoms with E-state index in [1.807, 2.05) is 36.4 Å². The maximum atomic E-state index is 12.0. The summed E-state index contributed by atoms with van der Waals surface area (Å²) in [5, 5.41) is 17.3. The van der Waals surface area contributed by atoms with Gasteiger partial charge in [0, 0.05) is 30.5 Å². The molecular formula is C21H26N2O4. The number of aliphatic hydroxyl groups is 1. The Morgan fingerprint density at radius 3 is 2.74 bits per heavy atom. The quantitative estimate of drug-likeness (QED) is 0.817. The van der Waals surface area contributed by atoms with E-state index in [0.29, 0.717) is 19.4 Å². The van der Waals surface area contributed by atoms with Gasteiger partial charge in [0.1, 0.15) is 6.10 Å². The Bertz CT molecular complexity index is 757. The lowest BCUT2D eigenvalue weighted by molar-refractivity contribution is -0.133. The Labute approximate surface area is 158 Å². The van der Waals surface area contributed by atoms with Crippen LogP contribution in [0.3, 0.4) is 0 Å². The number of rotatable bonds is 6. The van der Waals surface area contributed by atoms with Gasteiger partial charge in [0.2, 0.25) is 5.91 Å². The van der Waals surface area contributed by atoms with Gasteiger partial charge in [-0.15, -0.1) is 0 Å². The Kier molecular flexibility index (Phi) is 5.55. The number of aliphatic hydroxyl groups excluding tert-OH is 1. The molecule has 4 rings (SSSR count). The molecule has 2 N–H and O–H groups in total. The second kappa shape index (κ2) is 8.23. The highest BCUT2D eigenvalue weighted by Gasteiger charge is 2.32. The monoisotopic (exact) mass is 370 g/mol. The molecule has 2 heterocycles. The molecule has 1 saturated carbocycles. The first-order valence-corrected chi connectivity index (χ1v) is 9.81. The molecule has 6 nitrogen and oxygen atoms in total. The van der Waals surface area contributed by atoms with Gasteiger partial charge in [0.15, 0.2) is 5.76 Å². The topological polar surface area (TPSA) is 84.6 Å². The lowest BCUT2D eigenvalue weighted by Gasteiger charge is -2.34. The zero-order valence-electron chi connectivity index (χ0n) is 15.3. The van der Waals surface area contributed by atoms with Gasteiger partial charge in [-0.3, -0.25) is 4.79 Å². The van der Waals surface area contributed by atoms with Crippen LogP contribution in [0.25, 0.3) is 11.3 Å². The van der Waals surface area contributed by atoms with E-state index in [0.717, 1.165) is 42.7 Å². The summed E-state index contributed by atoms with van der Waals surface area (Å²) in [6, 6.07) is 11.8. The number of ether oxygens (including phenoxy) is 1. The van der Waals surface area contributed by atoms with Crippen LogP contribution in [0.4, 0.5) is 0 Å². The van der Waals surface area contributed by atoms with Crippen molar-refractivity contribution in [3.63, 3.8) is 0 Å². The molecule has 0 bridgehead atoms. The molecule has 1 aromatic carbocycles. The highest BCUT2D eigenvalue weighted by molar-refractivity contribution is 5.79. The molecule has 1 amide bonds. The highest BCUT2D eigenvalue weighted by Crippen LogP contribution is 2.27. The molecule has 6 heteroatoms. The van der Waals surface area contributed by atoms with Crippen molar-refractivity contribution in [2.45, 2.75) is 56.8 Å². The molecule has 1 aromatic heterocycles. The summed E-state index contributed by atoms with van der Waals surface area (Å²) in [4.78, 5) is 12.0. The lowest BCUT2D eigenvalue weighted by atomic mass is 9.85. The number of hydrogen-bond acceptors (Lipinski definition) is 5. The van der Waals surface area contributed by atoms with Gasteiger partial charge in [-0.2, -0.15) is 0 Å². The first-order chi connectivity index (χ1) is 13.2. The van der Waals surface area contributed by atoms with Crippen molar-refractivity contribution < 1.29 is 19.2 Å². The van der Waals surface area contributed by atoms with Crippen LogP contribution in [-0.2, 0) is 16.0 Å². The van der Waals surface area contributed by atoms with Crippen molar-refractivity contribution in [2.75, 3.05) is 6.54 Å². The first kappa shape index (κ1) is 18.2. The van der Waals surface area contributed by atoms with Crippen molar-refractivity contribution in [3.8, 4) is 11.3 Å². The molecule has 0 spiro atoms. The maximum Gasteiger partial charge on any atom is 0.223 e. The average molecular weight is 370 g/mol. The molecule has 1 aliphatic heterocycles. The molecular weight excluding hydrogens is 344 g/mol. The number of hydrogen-bond donors (Lipinski definition) is 2. The van der Waals surface area contributed by atoms with Gasteiger partial charge in [0.25, 0.3) is 0 Å². The van der Waals surface area contributed by atoms with Crippen molar-refractivity contribution in [3.05, 3.63) is 42.1 Å². The lowest BCUT2D eigenvalue weighted by Crippen LogP contribution is -2.48. The minimum atomic E-state index is -0.542. The predicted molar refractivity (Wildman–Crippen MR) is 99.9 cm³/mol. The normalized spacial score (nSPS) is 25.7. The van der Waals surface area contributed by atoms with Crippen molar-refractivity contribution in [1.82, 2.24) is 10.5 Å². The van der Waals surface area contributed by atoms with Gasteiger partial charge in [-0.1, -0.05) is 41.9 Å². The largest absolute Gasteiger partial charge is 0.390 e. The molecule has 27 heavy (non-hydrogen) atoms. The number of carbonyl (C=O) groups is 1. The summed E-state index contributed by atoms with van der Waals surface area (Å²) in [5.41, 5.74) is 1.83. The van der Waals surface area contributed by atoms with Crippen LogP contribution in [0.5, 0.6) is 0 Å². The van der Waals surface area contributed by atoms with E-state index in [-0.39, 0.29) is 24.0 Å². The summed E-state index contributed by atoms with van der Waals surface area (Å²) in [5.74, 6) is 0.974. The Morgan fingerprint density at radius 1 is 1.19 bits per heavy atom. The first-order valence-electron chi connectivity index (χ1n) is 9.81. The predicted octanol–water partition coefficient (Wildman–Crippen LogP) is 2.71. The molecule has 1 saturated heterocycles. The highest BCUT2D eigenvalue weighted by atomic mass is 16.5. The zero-order chi connectivity index (χ0) is 18.6. The fourth-order valence-electron chi connectivity index (χ4n) is 3.68. The summed E-state index contributed by atoms with van der Waals surface area (Å²) < 4.78 is 11.5. The third-order valence-electron chi connectivity index (χ3n) is 5.59. The van der Waals surface area contributed by atoms with E-state index in [2.05, 4.69) is 10.5 Å². The summed E-state index contributed by atoms with van der Waals surface area (Å²) in [6.07, 6.45) is 4.19. The Hall–Kier alpha value is -2.18. The van der Waals surface area contributed by atoms with Gasteiger partial charge in [0.05, 0.1) is 17.9 Å². The zero-order valence-corrected chi connectivity index (χ0v) is 15.3. The van der Waals surface area contributed by atoms with E-state index in [4.69, 9.17) is 9.26 Å². The van der Waals surface area contributed by atoms with Gasteiger partial charge in [-0.25, -0.2) is 0 Å². The van der Waals surface area contributed by atoms with Crippen LogP contribution >= 0.6 is 0 Å². The third-order valence-corrected chi connectivity index (χ3v) is 5.59. The minimum Gasteiger partial charge on any atom is -0.390 e. The molecule has 2 aromatic rings. The summed E-state index contributed by atoms with van der Waals surface area (Å²) in [7, 11) is 0. The standard InChI is InChI=1S/C21H26N2O4/c24-18-10-9-17(26-20(18)13-22-21(25)15-7-4-8-15)11-16-12-19(27-23-16)14-5-2-1-3-6-14/h1-3,5-6,12,15,17-18,20,24H,4,7-11,13H2,(H,22,25)/t17-,18-,20+/m0/s1. The Morgan fingerprint density at radius 2 is 2.00 bits per heavy atom. The number of nitrogens with one attached hydrogen (secondary N) is 1. The van der Waals surface area contributed by atoms with Crippen molar-refractivity contribution in [1.29, 1.82) is 0 Å². The number of aromatic nitrogens is 1.